The number of nitrogens with zero attached hydrogens (tertiary/aromatic N) is 1. The van der Waals surface area contributed by atoms with E-state index in [4.69, 9.17) is 0 Å². The van der Waals surface area contributed by atoms with Gasteiger partial charge in [-0.05, 0) is 39.7 Å². The number of likely N-dealkylation sites (N-methyl/N-ethyl adjacent to an activating group) is 1. The highest BCUT2D eigenvalue weighted by Gasteiger charge is 2.26. The number of piperidine rings is 1. The zero-order chi connectivity index (χ0) is 11.3. The van der Waals surface area contributed by atoms with Crippen LogP contribution in [0.3, 0.4) is 0 Å². The first-order valence-corrected chi connectivity index (χ1v) is 6.24. The Morgan fingerprint density at radius 3 is 2.67 bits per heavy atom. The molecule has 3 heteroatoms. The third kappa shape index (κ3) is 3.20. The molecule has 1 aliphatic rings. The second-order valence-corrected chi connectivity index (χ2v) is 4.38. The Morgan fingerprint density at radius 1 is 1.47 bits per heavy atom. The Hall–Kier alpha value is -0.570. The standard InChI is InChI=1S/C12H24N2O/c1-4-10(3)14(5-2)12(15)11-8-6-7-9-13-11/h10-11,13H,4-9H2,1-3H3/t10?,11-/m0/s1. The third-order valence-electron chi connectivity index (χ3n) is 3.36. The van der Waals surface area contributed by atoms with Gasteiger partial charge in [0.1, 0.15) is 0 Å². The van der Waals surface area contributed by atoms with Crippen LogP contribution in [0.15, 0.2) is 0 Å². The zero-order valence-electron chi connectivity index (χ0n) is 10.3. The molecule has 1 heterocycles. The van der Waals surface area contributed by atoms with E-state index < -0.39 is 0 Å². The van der Waals surface area contributed by atoms with Gasteiger partial charge in [-0.1, -0.05) is 13.3 Å². The smallest absolute Gasteiger partial charge is 0.239 e. The normalized spacial score (nSPS) is 23.5. The van der Waals surface area contributed by atoms with Crippen LogP contribution in [-0.4, -0.2) is 36.0 Å². The fourth-order valence-electron chi connectivity index (χ4n) is 2.17. The molecule has 0 aromatic rings. The first kappa shape index (κ1) is 12.5. The second kappa shape index (κ2) is 6.11. The van der Waals surface area contributed by atoms with Crippen molar-refractivity contribution in [3.8, 4) is 0 Å². The molecule has 1 N–H and O–H groups in total. The van der Waals surface area contributed by atoms with Crippen molar-refractivity contribution in [3.63, 3.8) is 0 Å². The Bertz CT molecular complexity index is 200. The average Bonchev–Trinajstić information content (AvgIpc) is 2.30. The average molecular weight is 212 g/mol. The molecule has 0 radical (unpaired) electrons. The van der Waals surface area contributed by atoms with E-state index in [0.717, 1.165) is 25.9 Å². The highest BCUT2D eigenvalue weighted by atomic mass is 16.2. The SMILES string of the molecule is CCC(C)N(CC)C(=O)[C@@H]1CCCCN1. The molecule has 88 valence electrons. The summed E-state index contributed by atoms with van der Waals surface area (Å²) in [6, 6.07) is 0.443. The van der Waals surface area contributed by atoms with Crippen molar-refractivity contribution in [2.45, 2.75) is 58.5 Å². The summed E-state index contributed by atoms with van der Waals surface area (Å²) < 4.78 is 0. The summed E-state index contributed by atoms with van der Waals surface area (Å²) in [5.74, 6) is 0.298. The first-order chi connectivity index (χ1) is 7.20. The zero-order valence-corrected chi connectivity index (χ0v) is 10.3. The summed E-state index contributed by atoms with van der Waals surface area (Å²) >= 11 is 0. The molecule has 1 saturated heterocycles. The van der Waals surface area contributed by atoms with Crippen LogP contribution in [0.4, 0.5) is 0 Å². The van der Waals surface area contributed by atoms with E-state index in [9.17, 15) is 4.79 Å². The molecule has 15 heavy (non-hydrogen) atoms. The maximum Gasteiger partial charge on any atom is 0.239 e. The minimum absolute atomic E-state index is 0.0766. The lowest BCUT2D eigenvalue weighted by Gasteiger charge is -2.33. The van der Waals surface area contributed by atoms with Gasteiger partial charge in [-0.25, -0.2) is 0 Å². The topological polar surface area (TPSA) is 32.3 Å². The van der Waals surface area contributed by atoms with Crippen molar-refractivity contribution in [3.05, 3.63) is 0 Å². The minimum atomic E-state index is 0.0766. The number of carbonyl (C=O) groups excluding carboxylic acids is 1. The maximum absolute atomic E-state index is 12.2. The van der Waals surface area contributed by atoms with Gasteiger partial charge in [0.15, 0.2) is 0 Å². The lowest BCUT2D eigenvalue weighted by atomic mass is 10.0. The van der Waals surface area contributed by atoms with Gasteiger partial charge in [0.05, 0.1) is 6.04 Å². The van der Waals surface area contributed by atoms with Gasteiger partial charge in [-0.15, -0.1) is 0 Å². The molecule has 1 rings (SSSR count). The summed E-state index contributed by atoms with van der Waals surface area (Å²) in [4.78, 5) is 14.2. The van der Waals surface area contributed by atoms with Gasteiger partial charge in [0.2, 0.25) is 5.91 Å². The highest BCUT2D eigenvalue weighted by molar-refractivity contribution is 5.82. The summed E-state index contributed by atoms with van der Waals surface area (Å²) in [6.45, 7) is 8.15. The van der Waals surface area contributed by atoms with Crippen molar-refractivity contribution in [2.75, 3.05) is 13.1 Å². The molecule has 1 aliphatic heterocycles. The predicted octanol–water partition coefficient (Wildman–Crippen LogP) is 1.78. The van der Waals surface area contributed by atoms with Crippen LogP contribution in [0.25, 0.3) is 0 Å². The van der Waals surface area contributed by atoms with Crippen molar-refractivity contribution in [2.24, 2.45) is 0 Å². The van der Waals surface area contributed by atoms with Crippen LogP contribution in [-0.2, 0) is 4.79 Å². The van der Waals surface area contributed by atoms with E-state index in [1.165, 1.54) is 12.8 Å². The van der Waals surface area contributed by atoms with Gasteiger partial charge in [-0.3, -0.25) is 4.79 Å². The van der Waals surface area contributed by atoms with Gasteiger partial charge < -0.3 is 10.2 Å². The number of carbonyl (C=O) groups is 1. The molecule has 0 saturated carbocycles. The Labute approximate surface area is 93.2 Å². The summed E-state index contributed by atoms with van der Waals surface area (Å²) in [6.07, 6.45) is 4.43. The highest BCUT2D eigenvalue weighted by Crippen LogP contribution is 2.12. The largest absolute Gasteiger partial charge is 0.339 e. The van der Waals surface area contributed by atoms with Gasteiger partial charge in [0, 0.05) is 12.6 Å². The maximum atomic E-state index is 12.2. The molecule has 3 nitrogen and oxygen atoms in total. The Balaban J connectivity index is 2.54. The Kier molecular flexibility index (Phi) is 5.09. The van der Waals surface area contributed by atoms with E-state index in [1.54, 1.807) is 0 Å². The molecule has 1 unspecified atom stereocenters. The number of hydrogen-bond acceptors (Lipinski definition) is 2. The molecule has 1 amide bonds. The summed E-state index contributed by atoms with van der Waals surface area (Å²) in [5.41, 5.74) is 0. The van der Waals surface area contributed by atoms with Crippen LogP contribution < -0.4 is 5.32 Å². The van der Waals surface area contributed by atoms with Crippen molar-refractivity contribution in [1.82, 2.24) is 10.2 Å². The molecule has 0 aromatic heterocycles. The van der Waals surface area contributed by atoms with Crippen LogP contribution in [0.1, 0.15) is 46.5 Å². The molecule has 1 fully saturated rings. The van der Waals surface area contributed by atoms with Crippen molar-refractivity contribution < 1.29 is 4.79 Å². The van der Waals surface area contributed by atoms with Crippen LogP contribution in [0, 0.1) is 0 Å². The molecule has 0 aromatic carbocycles. The lowest BCUT2D eigenvalue weighted by molar-refractivity contribution is -0.135. The molecule has 0 spiro atoms. The minimum Gasteiger partial charge on any atom is -0.339 e. The first-order valence-electron chi connectivity index (χ1n) is 6.24. The number of hydrogen-bond donors (Lipinski definition) is 1. The van der Waals surface area contributed by atoms with Crippen LogP contribution >= 0.6 is 0 Å². The molecule has 0 bridgehead atoms. The van der Waals surface area contributed by atoms with Crippen molar-refractivity contribution >= 4 is 5.91 Å². The second-order valence-electron chi connectivity index (χ2n) is 4.38. The van der Waals surface area contributed by atoms with E-state index >= 15 is 0 Å². The van der Waals surface area contributed by atoms with Gasteiger partial charge >= 0.3 is 0 Å². The number of rotatable bonds is 4. The fourth-order valence-corrected chi connectivity index (χ4v) is 2.17. The van der Waals surface area contributed by atoms with Gasteiger partial charge in [-0.2, -0.15) is 0 Å². The van der Waals surface area contributed by atoms with E-state index in [1.807, 2.05) is 4.90 Å². The molecular weight excluding hydrogens is 188 g/mol. The van der Waals surface area contributed by atoms with E-state index in [0.29, 0.717) is 11.9 Å². The van der Waals surface area contributed by atoms with Crippen LogP contribution in [0.2, 0.25) is 0 Å². The van der Waals surface area contributed by atoms with E-state index in [-0.39, 0.29) is 6.04 Å². The Morgan fingerprint density at radius 2 is 2.20 bits per heavy atom. The van der Waals surface area contributed by atoms with Gasteiger partial charge in [0.25, 0.3) is 0 Å². The molecule has 0 aliphatic carbocycles. The molecular formula is C12H24N2O. The summed E-state index contributed by atoms with van der Waals surface area (Å²) in [5, 5.41) is 3.32. The third-order valence-corrected chi connectivity index (χ3v) is 3.36. The number of amides is 1. The van der Waals surface area contributed by atoms with E-state index in [2.05, 4.69) is 26.1 Å². The number of nitrogens with one attached hydrogen (secondary N) is 1. The lowest BCUT2D eigenvalue weighted by Crippen LogP contribution is -2.51. The van der Waals surface area contributed by atoms with Crippen LogP contribution in [0.5, 0.6) is 0 Å². The predicted molar refractivity (Wildman–Crippen MR) is 62.8 cm³/mol. The quantitative estimate of drug-likeness (QED) is 0.770. The molecule has 2 atom stereocenters. The fraction of sp³-hybridized carbons (Fsp3) is 0.917. The van der Waals surface area contributed by atoms with Crippen molar-refractivity contribution in [1.29, 1.82) is 0 Å². The summed E-state index contributed by atoms with van der Waals surface area (Å²) in [7, 11) is 0. The monoisotopic (exact) mass is 212 g/mol.